The van der Waals surface area contributed by atoms with Crippen LogP contribution >= 0.6 is 0 Å². The Balaban J connectivity index is 1.69. The molecule has 1 atom stereocenters. The zero-order valence-electron chi connectivity index (χ0n) is 18.5. The van der Waals surface area contributed by atoms with E-state index in [2.05, 4.69) is 11.4 Å². The number of nitrogens with one attached hydrogen (secondary N) is 2. The van der Waals surface area contributed by atoms with Crippen molar-refractivity contribution in [2.75, 3.05) is 25.5 Å². The summed E-state index contributed by atoms with van der Waals surface area (Å²) in [7, 11) is 1.97. The van der Waals surface area contributed by atoms with Gasteiger partial charge in [-0.1, -0.05) is 0 Å². The third-order valence-electron chi connectivity index (χ3n) is 5.30. The van der Waals surface area contributed by atoms with E-state index in [0.717, 1.165) is 33.2 Å². The summed E-state index contributed by atoms with van der Waals surface area (Å²) in [6, 6.07) is 13.8. The molecule has 2 heterocycles. The van der Waals surface area contributed by atoms with Gasteiger partial charge in [0.2, 0.25) is 0 Å². The molecular weight excluding hydrogens is 392 g/mol. The Bertz CT molecular complexity index is 1060. The molecule has 162 valence electrons. The molecule has 1 aromatic carbocycles. The lowest BCUT2D eigenvalue weighted by Crippen LogP contribution is -3.08. The third kappa shape index (κ3) is 5.36. The lowest BCUT2D eigenvalue weighted by Gasteiger charge is -2.16. The van der Waals surface area contributed by atoms with Crippen molar-refractivity contribution in [1.29, 1.82) is 5.26 Å². The van der Waals surface area contributed by atoms with E-state index in [4.69, 9.17) is 9.15 Å². The Hall–Kier alpha value is -3.50. The minimum absolute atomic E-state index is 0.141. The first-order chi connectivity index (χ1) is 14.9. The summed E-state index contributed by atoms with van der Waals surface area (Å²) in [6.07, 6.45) is 1.61. The molecule has 0 saturated heterocycles. The minimum Gasteiger partial charge on any atom is -0.494 e. The number of ether oxygens (including phenoxy) is 1. The van der Waals surface area contributed by atoms with E-state index < -0.39 is 0 Å². The van der Waals surface area contributed by atoms with Gasteiger partial charge in [-0.2, -0.15) is 5.26 Å². The maximum Gasteiger partial charge on any atom is 0.280 e. The van der Waals surface area contributed by atoms with E-state index in [0.29, 0.717) is 31.1 Å². The van der Waals surface area contributed by atoms with E-state index >= 15 is 0 Å². The molecule has 1 amide bonds. The van der Waals surface area contributed by atoms with Gasteiger partial charge in [0.15, 0.2) is 6.54 Å². The van der Waals surface area contributed by atoms with Crippen LogP contribution in [0.1, 0.15) is 35.1 Å². The van der Waals surface area contributed by atoms with Gasteiger partial charge in [0.25, 0.3) is 5.91 Å². The van der Waals surface area contributed by atoms with Crippen molar-refractivity contribution in [2.24, 2.45) is 0 Å². The van der Waals surface area contributed by atoms with Crippen molar-refractivity contribution in [3.63, 3.8) is 0 Å². The summed E-state index contributed by atoms with van der Waals surface area (Å²) in [5.74, 6) is 1.98. The number of aromatic nitrogens is 1. The summed E-state index contributed by atoms with van der Waals surface area (Å²) in [5.41, 5.74) is 3.40. The van der Waals surface area contributed by atoms with Gasteiger partial charge in [-0.15, -0.1) is 0 Å². The molecule has 2 aromatic heterocycles. The number of carbonyl (C=O) groups is 1. The molecule has 0 bridgehead atoms. The van der Waals surface area contributed by atoms with Crippen LogP contribution in [0.4, 0.5) is 5.82 Å². The molecule has 0 aliphatic heterocycles. The van der Waals surface area contributed by atoms with Crippen molar-refractivity contribution in [1.82, 2.24) is 4.57 Å². The van der Waals surface area contributed by atoms with Crippen molar-refractivity contribution < 1.29 is 18.8 Å². The Morgan fingerprint density at radius 3 is 2.61 bits per heavy atom. The Kier molecular flexibility index (Phi) is 7.16. The summed E-state index contributed by atoms with van der Waals surface area (Å²) in [4.78, 5) is 13.8. The summed E-state index contributed by atoms with van der Waals surface area (Å²) in [6.45, 7) is 7.86. The van der Waals surface area contributed by atoms with Crippen LogP contribution in [0, 0.1) is 25.2 Å². The predicted octanol–water partition coefficient (Wildman–Crippen LogP) is 2.67. The number of benzene rings is 1. The number of hydrogen-bond acceptors (Lipinski definition) is 4. The Morgan fingerprint density at radius 1 is 1.26 bits per heavy atom. The molecule has 0 aliphatic carbocycles. The van der Waals surface area contributed by atoms with E-state index in [1.165, 1.54) is 0 Å². The lowest BCUT2D eigenvalue weighted by atomic mass is 10.2. The molecular formula is C24H29N4O3+. The lowest BCUT2D eigenvalue weighted by molar-refractivity contribution is -0.885. The van der Waals surface area contributed by atoms with Crippen molar-refractivity contribution in [3.8, 4) is 11.8 Å². The predicted molar refractivity (Wildman–Crippen MR) is 118 cm³/mol. The first kappa shape index (κ1) is 22.2. The van der Waals surface area contributed by atoms with Crippen LogP contribution < -0.4 is 15.0 Å². The molecule has 0 spiro atoms. The highest BCUT2D eigenvalue weighted by molar-refractivity contribution is 5.92. The van der Waals surface area contributed by atoms with Crippen molar-refractivity contribution in [2.45, 2.75) is 33.9 Å². The summed E-state index contributed by atoms with van der Waals surface area (Å²) >= 11 is 0. The molecule has 7 nitrogen and oxygen atoms in total. The number of anilines is 1. The zero-order chi connectivity index (χ0) is 22.4. The Labute approximate surface area is 182 Å². The average molecular weight is 422 g/mol. The highest BCUT2D eigenvalue weighted by Gasteiger charge is 2.21. The quantitative estimate of drug-likeness (QED) is 0.556. The zero-order valence-corrected chi connectivity index (χ0v) is 18.5. The topological polar surface area (TPSA) is 84.6 Å². The number of nitriles is 1. The van der Waals surface area contributed by atoms with Crippen molar-refractivity contribution >= 4 is 11.7 Å². The first-order valence-corrected chi connectivity index (χ1v) is 10.4. The number of furan rings is 1. The number of carbonyl (C=O) groups excluding carboxylic acids is 1. The first-order valence-electron chi connectivity index (χ1n) is 10.4. The Morgan fingerprint density at radius 2 is 2.00 bits per heavy atom. The second-order valence-corrected chi connectivity index (χ2v) is 7.65. The van der Waals surface area contributed by atoms with Crippen LogP contribution in [0.3, 0.4) is 0 Å². The highest BCUT2D eigenvalue weighted by Crippen LogP contribution is 2.27. The van der Waals surface area contributed by atoms with Gasteiger partial charge >= 0.3 is 0 Å². The fourth-order valence-electron chi connectivity index (χ4n) is 3.62. The molecule has 1 unspecified atom stereocenters. The number of likely N-dealkylation sites (N-methyl/N-ethyl adjacent to an activating group) is 1. The van der Waals surface area contributed by atoms with Gasteiger partial charge in [-0.05, 0) is 62.7 Å². The van der Waals surface area contributed by atoms with E-state index in [1.54, 1.807) is 6.26 Å². The van der Waals surface area contributed by atoms with Gasteiger partial charge in [-0.3, -0.25) is 4.79 Å². The number of nitrogens with zero attached hydrogens (tertiary/aromatic N) is 2. The smallest absolute Gasteiger partial charge is 0.280 e. The molecule has 0 radical (unpaired) electrons. The molecule has 7 heteroatoms. The molecule has 2 N–H and O–H groups in total. The third-order valence-corrected chi connectivity index (χ3v) is 5.30. The normalized spacial score (nSPS) is 11.7. The van der Waals surface area contributed by atoms with Crippen LogP contribution in [0.15, 0.2) is 47.1 Å². The van der Waals surface area contributed by atoms with Gasteiger partial charge in [0.1, 0.15) is 29.9 Å². The average Bonchev–Trinajstić information content (AvgIpc) is 3.32. The fourth-order valence-corrected chi connectivity index (χ4v) is 3.62. The van der Waals surface area contributed by atoms with E-state index in [9.17, 15) is 10.1 Å². The number of amides is 1. The standard InChI is InChI=1S/C24H28N4O3/c1-5-30-20-10-8-19(9-11-20)14-27(4)16-23(29)26-24-22(13-25)17(2)18(3)28(24)15-21-7-6-12-31-21/h6-12H,5,14-16H2,1-4H3,(H,26,29)/p+1. The van der Waals surface area contributed by atoms with Gasteiger partial charge in [-0.25, -0.2) is 0 Å². The van der Waals surface area contributed by atoms with E-state index in [1.807, 2.05) is 68.8 Å². The summed E-state index contributed by atoms with van der Waals surface area (Å²) in [5, 5.41) is 12.6. The highest BCUT2D eigenvalue weighted by atomic mass is 16.5. The van der Waals surface area contributed by atoms with Gasteiger partial charge in [0.05, 0.1) is 32.0 Å². The fraction of sp³-hybridized carbons (Fsp3) is 0.333. The van der Waals surface area contributed by atoms with Gasteiger partial charge in [0, 0.05) is 11.3 Å². The van der Waals surface area contributed by atoms with Crippen LogP contribution in [-0.4, -0.2) is 30.7 Å². The molecule has 0 fully saturated rings. The van der Waals surface area contributed by atoms with Crippen molar-refractivity contribution in [3.05, 3.63) is 70.8 Å². The maximum atomic E-state index is 12.8. The SMILES string of the molecule is CCOc1ccc(C[NH+](C)CC(=O)Nc2c(C#N)c(C)c(C)n2Cc2ccco2)cc1. The molecule has 3 aromatic rings. The van der Waals surface area contributed by atoms with Crippen LogP contribution in [0.2, 0.25) is 0 Å². The second-order valence-electron chi connectivity index (χ2n) is 7.65. The number of hydrogen-bond donors (Lipinski definition) is 2. The monoisotopic (exact) mass is 421 g/mol. The van der Waals surface area contributed by atoms with E-state index in [-0.39, 0.29) is 12.5 Å². The molecule has 0 aliphatic rings. The summed E-state index contributed by atoms with van der Waals surface area (Å²) < 4.78 is 12.9. The molecule has 0 saturated carbocycles. The van der Waals surface area contributed by atoms with Crippen LogP contribution in [-0.2, 0) is 17.9 Å². The second kappa shape index (κ2) is 10.0. The van der Waals surface area contributed by atoms with Gasteiger partial charge < -0.3 is 23.9 Å². The number of quaternary nitrogens is 1. The largest absolute Gasteiger partial charge is 0.494 e. The van der Waals surface area contributed by atoms with Crippen LogP contribution in [0.25, 0.3) is 0 Å². The minimum atomic E-state index is -0.141. The number of rotatable bonds is 9. The molecule has 31 heavy (non-hydrogen) atoms. The molecule has 3 rings (SSSR count). The van der Waals surface area contributed by atoms with Crippen LogP contribution in [0.5, 0.6) is 5.75 Å². The maximum absolute atomic E-state index is 12.8.